The minimum Gasteiger partial charge on any atom is -0.493 e. The Morgan fingerprint density at radius 3 is 2.53 bits per heavy atom. The number of alkyl halides is 3. The lowest BCUT2D eigenvalue weighted by molar-refractivity contribution is -0.204. The molecule has 0 aliphatic carbocycles. The van der Waals surface area contributed by atoms with Crippen molar-refractivity contribution in [1.29, 1.82) is 5.41 Å². The van der Waals surface area contributed by atoms with E-state index in [0.29, 0.717) is 47.9 Å². The molecule has 0 radical (unpaired) electrons. The molecule has 47 heavy (non-hydrogen) atoms. The van der Waals surface area contributed by atoms with Gasteiger partial charge in [0, 0.05) is 17.7 Å². The number of amides is 1. The molecule has 0 bridgehead atoms. The minimum absolute atomic E-state index is 0.0734. The number of carbonyl (C=O) groups is 2. The van der Waals surface area contributed by atoms with Crippen LogP contribution in [0.1, 0.15) is 39.8 Å². The maximum Gasteiger partial charge on any atom is 0.493 e. The largest absolute Gasteiger partial charge is 0.493 e. The van der Waals surface area contributed by atoms with Crippen molar-refractivity contribution in [1.82, 2.24) is 20.2 Å². The second-order valence-electron chi connectivity index (χ2n) is 10.1. The third-order valence-electron chi connectivity index (χ3n) is 6.96. The zero-order valence-electron chi connectivity index (χ0n) is 24.6. The van der Waals surface area contributed by atoms with Crippen LogP contribution in [0.25, 0.3) is 5.69 Å². The van der Waals surface area contributed by atoms with Gasteiger partial charge in [0.05, 0.1) is 31.6 Å². The first kappa shape index (κ1) is 32.6. The number of nitrogens with two attached hydrogens (primary N) is 1. The van der Waals surface area contributed by atoms with E-state index in [4.69, 9.17) is 25.4 Å². The van der Waals surface area contributed by atoms with E-state index in [1.165, 1.54) is 36.9 Å². The predicted octanol–water partition coefficient (Wildman–Crippen LogP) is 2.97. The van der Waals surface area contributed by atoms with Gasteiger partial charge in [0.15, 0.2) is 17.3 Å². The molecule has 4 aromatic rings. The number of nitrogen functional groups attached to an aromatic ring is 1. The van der Waals surface area contributed by atoms with Crippen LogP contribution in [0, 0.1) is 5.41 Å². The molecule has 2 heterocycles. The van der Waals surface area contributed by atoms with Gasteiger partial charge in [-0.3, -0.25) is 15.2 Å². The molecule has 2 atom stereocenters. The number of aromatic amines is 1. The van der Waals surface area contributed by atoms with E-state index in [2.05, 4.69) is 20.2 Å². The number of hydrogen-bond acceptors (Lipinski definition) is 10. The zero-order valence-corrected chi connectivity index (χ0v) is 24.6. The predicted molar refractivity (Wildman–Crippen MR) is 160 cm³/mol. The van der Waals surface area contributed by atoms with Crippen molar-refractivity contribution in [2.75, 3.05) is 25.6 Å². The van der Waals surface area contributed by atoms with E-state index < -0.39 is 29.8 Å². The number of amidine groups is 1. The number of hydrogen-bond donors (Lipinski definition) is 5. The highest BCUT2D eigenvalue weighted by atomic mass is 19.4. The van der Waals surface area contributed by atoms with Gasteiger partial charge in [-0.05, 0) is 54.1 Å². The first-order valence-corrected chi connectivity index (χ1v) is 13.9. The molecule has 1 aromatic heterocycles. The van der Waals surface area contributed by atoms with Crippen molar-refractivity contribution in [3.8, 4) is 17.2 Å². The number of nitrogens with one attached hydrogen (secondary N) is 4. The SMILES string of the molecule is COc1cc(C(Nc2ccc(C(=N)N)cc2)c2nn(-c3ccccc3C(=O)NOC(=O)C(F)(F)F)c(=O)[nH]2)ccc1OC1CCOC1. The third kappa shape index (κ3) is 7.52. The fourth-order valence-electron chi connectivity index (χ4n) is 4.66. The van der Waals surface area contributed by atoms with Gasteiger partial charge >= 0.3 is 17.8 Å². The fourth-order valence-corrected chi connectivity index (χ4v) is 4.66. The molecule has 0 saturated carbocycles. The first-order chi connectivity index (χ1) is 22.4. The van der Waals surface area contributed by atoms with Gasteiger partial charge in [0.2, 0.25) is 0 Å². The summed E-state index contributed by atoms with van der Waals surface area (Å²) in [5.41, 5.74) is 7.42. The molecule has 6 N–H and O–H groups in total. The molecule has 3 aromatic carbocycles. The number of halogens is 3. The number of ether oxygens (including phenoxy) is 3. The van der Waals surface area contributed by atoms with Crippen LogP contribution in [0.15, 0.2) is 71.5 Å². The number of H-pyrrole nitrogens is 1. The molecule has 1 aliphatic heterocycles. The molecular formula is C30H28F3N7O7. The molecule has 1 amide bonds. The monoisotopic (exact) mass is 655 g/mol. The van der Waals surface area contributed by atoms with E-state index in [9.17, 15) is 27.6 Å². The molecule has 1 fully saturated rings. The van der Waals surface area contributed by atoms with E-state index in [0.717, 1.165) is 4.68 Å². The smallest absolute Gasteiger partial charge is 0.493 e. The molecular weight excluding hydrogens is 627 g/mol. The lowest BCUT2D eigenvalue weighted by atomic mass is 10.0. The van der Waals surface area contributed by atoms with Gasteiger partial charge < -0.3 is 30.1 Å². The highest BCUT2D eigenvalue weighted by molar-refractivity contribution is 5.98. The van der Waals surface area contributed by atoms with Gasteiger partial charge in [-0.15, -0.1) is 5.10 Å². The van der Waals surface area contributed by atoms with Crippen molar-refractivity contribution in [2.45, 2.75) is 24.7 Å². The van der Waals surface area contributed by atoms with E-state index in [1.807, 2.05) is 0 Å². The zero-order chi connectivity index (χ0) is 33.7. The molecule has 14 nitrogen and oxygen atoms in total. The van der Waals surface area contributed by atoms with E-state index in [1.54, 1.807) is 42.5 Å². The average Bonchev–Trinajstić information content (AvgIpc) is 3.71. The minimum atomic E-state index is -5.34. The van der Waals surface area contributed by atoms with Crippen LogP contribution in [-0.4, -0.2) is 65.1 Å². The lowest BCUT2D eigenvalue weighted by Gasteiger charge is -2.21. The van der Waals surface area contributed by atoms with Crippen LogP contribution in [-0.2, 0) is 14.4 Å². The van der Waals surface area contributed by atoms with Crippen molar-refractivity contribution in [3.63, 3.8) is 0 Å². The topological polar surface area (TPSA) is 196 Å². The Morgan fingerprint density at radius 1 is 1.13 bits per heavy atom. The molecule has 1 saturated heterocycles. The van der Waals surface area contributed by atoms with Crippen molar-refractivity contribution >= 4 is 23.4 Å². The highest BCUT2D eigenvalue weighted by Gasteiger charge is 2.42. The molecule has 17 heteroatoms. The lowest BCUT2D eigenvalue weighted by Crippen LogP contribution is -2.35. The number of methoxy groups -OCH3 is 1. The molecule has 2 unspecified atom stereocenters. The van der Waals surface area contributed by atoms with Gasteiger partial charge in [-0.1, -0.05) is 18.2 Å². The second kappa shape index (κ2) is 13.7. The summed E-state index contributed by atoms with van der Waals surface area (Å²) >= 11 is 0. The average molecular weight is 656 g/mol. The Hall–Kier alpha value is -5.84. The van der Waals surface area contributed by atoms with Crippen LogP contribution in [0.2, 0.25) is 0 Å². The van der Waals surface area contributed by atoms with Crippen LogP contribution in [0.5, 0.6) is 11.5 Å². The van der Waals surface area contributed by atoms with Gasteiger partial charge in [-0.25, -0.2) is 9.59 Å². The number of aromatic nitrogens is 3. The summed E-state index contributed by atoms with van der Waals surface area (Å²) in [5.74, 6) is -3.05. The maximum absolute atomic E-state index is 13.2. The Kier molecular flexibility index (Phi) is 9.46. The number of benzene rings is 3. The second-order valence-corrected chi connectivity index (χ2v) is 10.1. The van der Waals surface area contributed by atoms with Gasteiger partial charge in [-0.2, -0.15) is 23.3 Å². The Balaban J connectivity index is 1.51. The highest BCUT2D eigenvalue weighted by Crippen LogP contribution is 2.34. The number of hydroxylamine groups is 1. The first-order valence-electron chi connectivity index (χ1n) is 13.9. The Bertz CT molecular complexity index is 1830. The van der Waals surface area contributed by atoms with E-state index >= 15 is 0 Å². The third-order valence-corrected chi connectivity index (χ3v) is 6.96. The summed E-state index contributed by atoms with van der Waals surface area (Å²) in [6, 6.07) is 16.3. The van der Waals surface area contributed by atoms with Gasteiger partial charge in [0.25, 0.3) is 5.91 Å². The van der Waals surface area contributed by atoms with Crippen LogP contribution in [0.4, 0.5) is 18.9 Å². The maximum atomic E-state index is 13.2. The number of para-hydroxylation sites is 1. The summed E-state index contributed by atoms with van der Waals surface area (Å²) in [6.07, 6.45) is -4.77. The Morgan fingerprint density at radius 2 is 1.87 bits per heavy atom. The van der Waals surface area contributed by atoms with Gasteiger partial charge in [0.1, 0.15) is 18.0 Å². The fraction of sp³-hybridized carbons (Fsp3) is 0.233. The number of nitrogens with zero attached hydrogens (tertiary/aromatic N) is 2. The summed E-state index contributed by atoms with van der Waals surface area (Å²) in [7, 11) is 1.48. The molecule has 0 spiro atoms. The molecule has 246 valence electrons. The quantitative estimate of drug-likeness (QED) is 0.0963. The van der Waals surface area contributed by atoms with Crippen molar-refractivity contribution in [3.05, 3.63) is 99.7 Å². The summed E-state index contributed by atoms with van der Waals surface area (Å²) in [4.78, 5) is 43.6. The van der Waals surface area contributed by atoms with Crippen LogP contribution in [0.3, 0.4) is 0 Å². The normalized spacial score (nSPS) is 15.0. The van der Waals surface area contributed by atoms with Crippen molar-refractivity contribution < 1.29 is 41.8 Å². The standard InChI is InChI=1S/C30H28F3N7O7/c1-44-23-14-17(8-11-22(23)46-19-12-13-45-15-19)24(36-18-9-6-16(7-10-18)25(34)35)26-37-29(43)40(38-26)21-5-3-2-4-20(21)27(41)39-47-28(42)30(31,32)33/h2-11,14,19,24,36H,12-13,15H2,1H3,(H3,34,35)(H,39,41)(H,37,38,43). The molecule has 1 aliphatic rings. The summed E-state index contributed by atoms with van der Waals surface area (Å²) < 4.78 is 55.6. The number of carbonyl (C=O) groups excluding carboxylic acids is 2. The Labute approximate surface area is 264 Å². The summed E-state index contributed by atoms with van der Waals surface area (Å²) in [5, 5.41) is 15.4. The molecule has 5 rings (SSSR count). The van der Waals surface area contributed by atoms with Crippen LogP contribution >= 0.6 is 0 Å². The van der Waals surface area contributed by atoms with Crippen molar-refractivity contribution in [2.24, 2.45) is 5.73 Å². The number of anilines is 1. The summed E-state index contributed by atoms with van der Waals surface area (Å²) in [6.45, 7) is 1.02. The van der Waals surface area contributed by atoms with Crippen LogP contribution < -0.4 is 31.7 Å². The number of rotatable bonds is 10. The van der Waals surface area contributed by atoms with E-state index in [-0.39, 0.29) is 29.0 Å².